The van der Waals surface area contributed by atoms with Crippen molar-refractivity contribution in [3.8, 4) is 5.75 Å². The first-order valence-electron chi connectivity index (χ1n) is 10.2. The van der Waals surface area contributed by atoms with Crippen LogP contribution in [0.15, 0.2) is 65.8 Å². The quantitative estimate of drug-likeness (QED) is 0.390. The highest BCUT2D eigenvalue weighted by atomic mass is 32.2. The number of ether oxygens (including phenoxy) is 1. The van der Waals surface area contributed by atoms with E-state index in [0.717, 1.165) is 26.9 Å². The Morgan fingerprint density at radius 3 is 2.55 bits per heavy atom. The van der Waals surface area contributed by atoms with Crippen LogP contribution in [-0.2, 0) is 21.2 Å². The van der Waals surface area contributed by atoms with E-state index in [9.17, 15) is 13.2 Å². The van der Waals surface area contributed by atoms with Gasteiger partial charge in [-0.1, -0.05) is 23.5 Å². The first-order valence-corrected chi connectivity index (χ1v) is 12.7. The summed E-state index contributed by atoms with van der Waals surface area (Å²) in [4.78, 5) is 23.6. The molecule has 33 heavy (non-hydrogen) atoms. The summed E-state index contributed by atoms with van der Waals surface area (Å²) in [5.41, 5.74) is 3.69. The van der Waals surface area contributed by atoms with Crippen LogP contribution in [0.2, 0.25) is 0 Å². The molecule has 2 aromatic carbocycles. The molecule has 4 aromatic rings. The summed E-state index contributed by atoms with van der Waals surface area (Å²) >= 11 is 1.37. The third-order valence-corrected chi connectivity index (χ3v) is 7.79. The van der Waals surface area contributed by atoms with E-state index in [1.165, 1.54) is 35.5 Å². The summed E-state index contributed by atoms with van der Waals surface area (Å²) in [6.45, 7) is 4.15. The molecule has 0 radical (unpaired) electrons. The van der Waals surface area contributed by atoms with E-state index in [0.29, 0.717) is 10.9 Å². The van der Waals surface area contributed by atoms with Gasteiger partial charge in [0.05, 0.1) is 28.8 Å². The Hall–Kier alpha value is -3.30. The zero-order valence-electron chi connectivity index (χ0n) is 18.5. The Balaban J connectivity index is 1.70. The minimum atomic E-state index is -3.86. The minimum absolute atomic E-state index is 0.0637. The number of sulfone groups is 1. The van der Waals surface area contributed by atoms with E-state index in [1.807, 2.05) is 32.0 Å². The highest BCUT2D eigenvalue weighted by Crippen LogP contribution is 2.33. The Labute approximate surface area is 196 Å². The minimum Gasteiger partial charge on any atom is -0.497 e. The molecule has 2 aromatic heterocycles. The van der Waals surface area contributed by atoms with Gasteiger partial charge in [0.2, 0.25) is 5.91 Å². The van der Waals surface area contributed by atoms with Gasteiger partial charge in [0.1, 0.15) is 11.5 Å². The number of anilines is 1. The van der Waals surface area contributed by atoms with E-state index in [1.54, 1.807) is 30.6 Å². The molecular weight excluding hydrogens is 458 g/mol. The summed E-state index contributed by atoms with van der Waals surface area (Å²) < 4.78 is 32.0. The number of aromatic nitrogens is 2. The largest absolute Gasteiger partial charge is 0.497 e. The molecular formula is C24H23N3O4S2. The predicted octanol–water partition coefficient (Wildman–Crippen LogP) is 4.32. The number of hydrogen-bond donors (Lipinski definition) is 0. The van der Waals surface area contributed by atoms with Gasteiger partial charge in [-0.25, -0.2) is 13.4 Å². The molecule has 0 fully saturated rings. The molecule has 4 rings (SSSR count). The van der Waals surface area contributed by atoms with Crippen LogP contribution in [0.4, 0.5) is 5.13 Å². The molecule has 0 aliphatic carbocycles. The fourth-order valence-corrected chi connectivity index (χ4v) is 5.87. The lowest BCUT2D eigenvalue weighted by atomic mass is 10.1. The van der Waals surface area contributed by atoms with Crippen LogP contribution in [0, 0.1) is 13.8 Å². The third kappa shape index (κ3) is 5.04. The van der Waals surface area contributed by atoms with Crippen LogP contribution in [0.1, 0.15) is 16.7 Å². The topological polar surface area (TPSA) is 89.5 Å². The number of aryl methyl sites for hydroxylation is 2. The molecule has 0 bridgehead atoms. The molecule has 0 spiro atoms. The zero-order chi connectivity index (χ0) is 23.6. The molecule has 1 amide bonds. The molecule has 0 saturated carbocycles. The lowest BCUT2D eigenvalue weighted by Gasteiger charge is -2.20. The zero-order valence-corrected chi connectivity index (χ0v) is 20.1. The lowest BCUT2D eigenvalue weighted by Crippen LogP contribution is -2.35. The van der Waals surface area contributed by atoms with Gasteiger partial charge in [-0.2, -0.15) is 0 Å². The number of nitrogens with zero attached hydrogens (tertiary/aromatic N) is 3. The van der Waals surface area contributed by atoms with Crippen molar-refractivity contribution in [1.29, 1.82) is 0 Å². The Bertz CT molecular complexity index is 1400. The van der Waals surface area contributed by atoms with E-state index in [2.05, 4.69) is 9.97 Å². The van der Waals surface area contributed by atoms with Crippen molar-refractivity contribution in [2.75, 3.05) is 17.8 Å². The number of amides is 1. The number of thiazole rings is 1. The van der Waals surface area contributed by atoms with Crippen LogP contribution in [-0.4, -0.2) is 37.2 Å². The average molecular weight is 482 g/mol. The van der Waals surface area contributed by atoms with Crippen LogP contribution < -0.4 is 9.64 Å². The molecule has 0 aliphatic heterocycles. The molecule has 2 heterocycles. The normalized spacial score (nSPS) is 11.5. The standard InChI is InChI=1S/C24H23N3O4S2/c1-16-11-17(2)23-21(12-16)32-24(26-23)27(14-18-5-4-10-25-13-18)22(28)15-33(29,30)20-8-6-19(31-3)7-9-20/h4-13H,14-15H2,1-3H3. The van der Waals surface area contributed by atoms with Crippen molar-refractivity contribution in [3.63, 3.8) is 0 Å². The molecule has 0 atom stereocenters. The number of methoxy groups -OCH3 is 1. The second kappa shape index (κ2) is 9.29. The van der Waals surface area contributed by atoms with E-state index < -0.39 is 21.5 Å². The highest BCUT2D eigenvalue weighted by molar-refractivity contribution is 7.92. The van der Waals surface area contributed by atoms with Gasteiger partial charge in [-0.3, -0.25) is 14.7 Å². The lowest BCUT2D eigenvalue weighted by molar-refractivity contribution is -0.116. The van der Waals surface area contributed by atoms with Crippen LogP contribution >= 0.6 is 11.3 Å². The van der Waals surface area contributed by atoms with Gasteiger partial charge in [-0.05, 0) is 66.9 Å². The first kappa shape index (κ1) is 22.9. The van der Waals surface area contributed by atoms with Gasteiger partial charge in [0.25, 0.3) is 0 Å². The van der Waals surface area contributed by atoms with Gasteiger partial charge in [0, 0.05) is 12.4 Å². The van der Waals surface area contributed by atoms with Crippen molar-refractivity contribution >= 4 is 42.4 Å². The van der Waals surface area contributed by atoms with Crippen molar-refractivity contribution in [3.05, 3.63) is 77.6 Å². The molecule has 9 heteroatoms. The van der Waals surface area contributed by atoms with E-state index in [-0.39, 0.29) is 11.4 Å². The van der Waals surface area contributed by atoms with Crippen molar-refractivity contribution in [2.24, 2.45) is 0 Å². The maximum Gasteiger partial charge on any atom is 0.244 e. The third-order valence-electron chi connectivity index (χ3n) is 5.15. The second-order valence-corrected chi connectivity index (χ2v) is 10.7. The van der Waals surface area contributed by atoms with Crippen LogP contribution in [0.5, 0.6) is 5.75 Å². The number of carbonyl (C=O) groups is 1. The number of benzene rings is 2. The maximum absolute atomic E-state index is 13.4. The average Bonchev–Trinajstić information content (AvgIpc) is 3.22. The molecule has 0 unspecified atom stereocenters. The smallest absolute Gasteiger partial charge is 0.244 e. The SMILES string of the molecule is COc1ccc(S(=O)(=O)CC(=O)N(Cc2cccnc2)c2nc3c(C)cc(C)cc3s2)cc1. The number of fused-ring (bicyclic) bond motifs is 1. The summed E-state index contributed by atoms with van der Waals surface area (Å²) in [7, 11) is -2.36. The van der Waals surface area contributed by atoms with Gasteiger partial charge < -0.3 is 4.74 Å². The van der Waals surface area contributed by atoms with Gasteiger partial charge in [-0.15, -0.1) is 0 Å². The van der Waals surface area contributed by atoms with Crippen molar-refractivity contribution < 1.29 is 17.9 Å². The van der Waals surface area contributed by atoms with Crippen LogP contribution in [0.3, 0.4) is 0 Å². The van der Waals surface area contributed by atoms with Gasteiger partial charge >= 0.3 is 0 Å². The van der Waals surface area contributed by atoms with Crippen molar-refractivity contribution in [1.82, 2.24) is 9.97 Å². The Morgan fingerprint density at radius 1 is 1.12 bits per heavy atom. The Morgan fingerprint density at radius 2 is 1.88 bits per heavy atom. The van der Waals surface area contributed by atoms with Gasteiger partial charge in [0.15, 0.2) is 15.0 Å². The summed E-state index contributed by atoms with van der Waals surface area (Å²) in [6, 6.07) is 13.7. The van der Waals surface area contributed by atoms with E-state index >= 15 is 0 Å². The second-order valence-electron chi connectivity index (χ2n) is 7.70. The fourth-order valence-electron chi connectivity index (χ4n) is 3.52. The molecule has 0 N–H and O–H groups in total. The maximum atomic E-state index is 13.4. The predicted molar refractivity (Wildman–Crippen MR) is 130 cm³/mol. The highest BCUT2D eigenvalue weighted by Gasteiger charge is 2.27. The number of carbonyl (C=O) groups excluding carboxylic acids is 1. The number of hydrogen-bond acceptors (Lipinski definition) is 7. The van der Waals surface area contributed by atoms with Crippen LogP contribution in [0.25, 0.3) is 10.2 Å². The molecule has 0 saturated heterocycles. The first-order chi connectivity index (χ1) is 15.8. The summed E-state index contributed by atoms with van der Waals surface area (Å²) in [6.07, 6.45) is 3.30. The monoisotopic (exact) mass is 481 g/mol. The number of pyridine rings is 1. The van der Waals surface area contributed by atoms with Crippen molar-refractivity contribution in [2.45, 2.75) is 25.3 Å². The summed E-state index contributed by atoms with van der Waals surface area (Å²) in [5.74, 6) is -0.685. The summed E-state index contributed by atoms with van der Waals surface area (Å²) in [5, 5.41) is 0.456. The molecule has 170 valence electrons. The van der Waals surface area contributed by atoms with E-state index in [4.69, 9.17) is 4.74 Å². The number of rotatable bonds is 7. The Kier molecular flexibility index (Phi) is 6.44. The molecule has 0 aliphatic rings. The fraction of sp³-hybridized carbons (Fsp3) is 0.208. The molecule has 7 nitrogen and oxygen atoms in total.